The third-order valence-electron chi connectivity index (χ3n) is 3.47. The number of benzene rings is 1. The molecule has 0 saturated heterocycles. The fourth-order valence-corrected chi connectivity index (χ4v) is 3.60. The van der Waals surface area contributed by atoms with Gasteiger partial charge in [0.15, 0.2) is 0 Å². The van der Waals surface area contributed by atoms with Gasteiger partial charge in [-0.15, -0.1) is 11.3 Å². The van der Waals surface area contributed by atoms with Crippen molar-refractivity contribution in [2.75, 3.05) is 11.9 Å². The van der Waals surface area contributed by atoms with E-state index >= 15 is 0 Å². The van der Waals surface area contributed by atoms with E-state index in [4.69, 9.17) is 11.0 Å². The smallest absolute Gasteiger partial charge is 0.0992 e. The highest BCUT2D eigenvalue weighted by molar-refractivity contribution is 7.10. The quantitative estimate of drug-likeness (QED) is 0.936. The summed E-state index contributed by atoms with van der Waals surface area (Å²) in [5.74, 6) is 0. The minimum absolute atomic E-state index is 0.00286. The lowest BCUT2D eigenvalue weighted by atomic mass is 10.0. The molecule has 0 amide bonds. The zero-order valence-electron chi connectivity index (χ0n) is 12.0. The van der Waals surface area contributed by atoms with Crippen LogP contribution in [0.2, 0.25) is 0 Å². The largest absolute Gasteiger partial charge is 0.365 e. The van der Waals surface area contributed by atoms with Gasteiger partial charge >= 0.3 is 0 Å². The zero-order valence-corrected chi connectivity index (χ0v) is 12.8. The molecule has 0 aliphatic heterocycles. The number of rotatable bonds is 4. The van der Waals surface area contributed by atoms with Gasteiger partial charge in [-0.2, -0.15) is 5.26 Å². The molecule has 0 bridgehead atoms. The Bertz CT molecular complexity index is 625. The number of nitrogens with two attached hydrogens (primary N) is 1. The minimum Gasteiger partial charge on any atom is -0.365 e. The Morgan fingerprint density at radius 3 is 2.65 bits per heavy atom. The SMILES string of the molecule is Cc1ccsc1C(C(C)N)N(C)c1cccc(C#N)c1. The van der Waals surface area contributed by atoms with Gasteiger partial charge in [-0.1, -0.05) is 6.07 Å². The normalized spacial score (nSPS) is 13.6. The van der Waals surface area contributed by atoms with E-state index in [1.807, 2.05) is 38.2 Å². The van der Waals surface area contributed by atoms with E-state index in [2.05, 4.69) is 29.3 Å². The highest BCUT2D eigenvalue weighted by atomic mass is 32.1. The third kappa shape index (κ3) is 2.84. The van der Waals surface area contributed by atoms with E-state index in [1.165, 1.54) is 10.4 Å². The third-order valence-corrected chi connectivity index (χ3v) is 4.56. The van der Waals surface area contributed by atoms with Crippen molar-refractivity contribution in [3.8, 4) is 6.07 Å². The molecular formula is C16H19N3S. The van der Waals surface area contributed by atoms with Gasteiger partial charge < -0.3 is 10.6 Å². The van der Waals surface area contributed by atoms with Crippen LogP contribution < -0.4 is 10.6 Å². The van der Waals surface area contributed by atoms with Crippen LogP contribution in [0.25, 0.3) is 0 Å². The number of likely N-dealkylation sites (N-methyl/N-ethyl adjacent to an activating group) is 1. The molecule has 0 spiro atoms. The molecule has 2 unspecified atom stereocenters. The van der Waals surface area contributed by atoms with Gasteiger partial charge in [0.25, 0.3) is 0 Å². The molecule has 1 aromatic heterocycles. The van der Waals surface area contributed by atoms with Crippen molar-refractivity contribution in [1.29, 1.82) is 5.26 Å². The van der Waals surface area contributed by atoms with E-state index in [0.717, 1.165) is 5.69 Å². The van der Waals surface area contributed by atoms with Gasteiger partial charge in [0.2, 0.25) is 0 Å². The molecule has 2 rings (SSSR count). The monoisotopic (exact) mass is 285 g/mol. The van der Waals surface area contributed by atoms with Crippen LogP contribution in [0.5, 0.6) is 0 Å². The van der Waals surface area contributed by atoms with Crippen LogP contribution >= 0.6 is 11.3 Å². The van der Waals surface area contributed by atoms with Gasteiger partial charge in [0, 0.05) is 23.7 Å². The van der Waals surface area contributed by atoms with Crippen molar-refractivity contribution in [2.24, 2.45) is 5.73 Å². The predicted molar refractivity (Wildman–Crippen MR) is 85.0 cm³/mol. The molecule has 0 aliphatic carbocycles. The number of nitriles is 1. The summed E-state index contributed by atoms with van der Waals surface area (Å²) < 4.78 is 0. The number of anilines is 1. The highest BCUT2D eigenvalue weighted by Gasteiger charge is 2.24. The number of nitrogens with zero attached hydrogens (tertiary/aromatic N) is 2. The maximum atomic E-state index is 9.03. The molecule has 0 saturated carbocycles. The van der Waals surface area contributed by atoms with E-state index in [-0.39, 0.29) is 12.1 Å². The Labute approximate surface area is 124 Å². The average molecular weight is 285 g/mol. The van der Waals surface area contributed by atoms with Gasteiger partial charge in [0.05, 0.1) is 17.7 Å². The number of thiophene rings is 1. The summed E-state index contributed by atoms with van der Waals surface area (Å²) in [5.41, 5.74) is 9.15. The first kappa shape index (κ1) is 14.6. The molecule has 1 aromatic carbocycles. The Morgan fingerprint density at radius 1 is 1.35 bits per heavy atom. The number of hydrogen-bond acceptors (Lipinski definition) is 4. The summed E-state index contributed by atoms with van der Waals surface area (Å²) in [7, 11) is 2.03. The van der Waals surface area contributed by atoms with E-state index < -0.39 is 0 Å². The first-order chi connectivity index (χ1) is 9.54. The van der Waals surface area contributed by atoms with Crippen LogP contribution in [0.15, 0.2) is 35.7 Å². The number of aryl methyl sites for hydroxylation is 1. The molecule has 20 heavy (non-hydrogen) atoms. The van der Waals surface area contributed by atoms with Crippen molar-refractivity contribution in [3.63, 3.8) is 0 Å². The van der Waals surface area contributed by atoms with Crippen molar-refractivity contribution < 1.29 is 0 Å². The number of hydrogen-bond donors (Lipinski definition) is 1. The molecule has 2 atom stereocenters. The molecule has 0 fully saturated rings. The lowest BCUT2D eigenvalue weighted by molar-refractivity contribution is 0.564. The van der Waals surface area contributed by atoms with Gasteiger partial charge in [-0.25, -0.2) is 0 Å². The van der Waals surface area contributed by atoms with Crippen LogP contribution in [0.4, 0.5) is 5.69 Å². The fourth-order valence-electron chi connectivity index (χ4n) is 2.41. The van der Waals surface area contributed by atoms with Crippen molar-refractivity contribution in [3.05, 3.63) is 51.7 Å². The van der Waals surface area contributed by atoms with E-state index in [0.29, 0.717) is 5.56 Å². The summed E-state index contributed by atoms with van der Waals surface area (Å²) >= 11 is 1.73. The summed E-state index contributed by atoms with van der Waals surface area (Å²) in [6, 6.07) is 12.1. The van der Waals surface area contributed by atoms with Gasteiger partial charge in [-0.3, -0.25) is 0 Å². The lowest BCUT2D eigenvalue weighted by Crippen LogP contribution is -2.37. The van der Waals surface area contributed by atoms with E-state index in [1.54, 1.807) is 11.3 Å². The maximum absolute atomic E-state index is 9.03. The molecule has 2 aromatic rings. The summed E-state index contributed by atoms with van der Waals surface area (Å²) in [6.07, 6.45) is 0. The molecule has 104 valence electrons. The fraction of sp³-hybridized carbons (Fsp3) is 0.312. The van der Waals surface area contributed by atoms with E-state index in [9.17, 15) is 0 Å². The molecule has 4 heteroatoms. The second-order valence-electron chi connectivity index (χ2n) is 5.04. The van der Waals surface area contributed by atoms with Gasteiger partial charge in [-0.05, 0) is 49.1 Å². The maximum Gasteiger partial charge on any atom is 0.0992 e. The second-order valence-corrected chi connectivity index (χ2v) is 5.99. The molecule has 0 aliphatic rings. The summed E-state index contributed by atoms with van der Waals surface area (Å²) in [6.45, 7) is 4.13. The minimum atomic E-state index is 0.00286. The standard InChI is InChI=1S/C16H19N3S/c1-11-7-8-20-16(11)15(12(2)18)19(3)14-6-4-5-13(9-14)10-17/h4-9,12,15H,18H2,1-3H3. The van der Waals surface area contributed by atoms with Crippen molar-refractivity contribution in [2.45, 2.75) is 25.9 Å². The first-order valence-electron chi connectivity index (χ1n) is 6.57. The molecular weight excluding hydrogens is 266 g/mol. The summed E-state index contributed by atoms with van der Waals surface area (Å²) in [4.78, 5) is 3.44. The average Bonchev–Trinajstić information content (AvgIpc) is 2.85. The zero-order chi connectivity index (χ0) is 14.7. The molecule has 0 radical (unpaired) electrons. The molecule has 2 N–H and O–H groups in total. The van der Waals surface area contributed by atoms with Crippen LogP contribution in [0.1, 0.15) is 29.0 Å². The first-order valence-corrected chi connectivity index (χ1v) is 7.45. The van der Waals surface area contributed by atoms with Crippen LogP contribution in [0.3, 0.4) is 0 Å². The van der Waals surface area contributed by atoms with Crippen LogP contribution in [-0.4, -0.2) is 13.1 Å². The van der Waals surface area contributed by atoms with Crippen LogP contribution in [0, 0.1) is 18.3 Å². The van der Waals surface area contributed by atoms with Gasteiger partial charge in [0.1, 0.15) is 0 Å². The predicted octanol–water partition coefficient (Wildman–Crippen LogP) is 3.45. The van der Waals surface area contributed by atoms with Crippen molar-refractivity contribution >= 4 is 17.0 Å². The second kappa shape index (κ2) is 6.08. The lowest BCUT2D eigenvalue weighted by Gasteiger charge is -2.33. The Balaban J connectivity index is 2.39. The van der Waals surface area contributed by atoms with Crippen LogP contribution in [-0.2, 0) is 0 Å². The Kier molecular flexibility index (Phi) is 4.43. The molecule has 3 nitrogen and oxygen atoms in total. The Hall–Kier alpha value is -1.83. The summed E-state index contributed by atoms with van der Waals surface area (Å²) in [5, 5.41) is 11.1. The Morgan fingerprint density at radius 2 is 2.10 bits per heavy atom. The topological polar surface area (TPSA) is 53.0 Å². The highest BCUT2D eigenvalue weighted by Crippen LogP contribution is 2.33. The molecule has 1 heterocycles. The van der Waals surface area contributed by atoms with Crippen molar-refractivity contribution in [1.82, 2.24) is 0 Å².